The van der Waals surface area contributed by atoms with E-state index in [1.54, 1.807) is 12.1 Å². The predicted octanol–water partition coefficient (Wildman–Crippen LogP) is 5.05. The van der Waals surface area contributed by atoms with E-state index in [9.17, 15) is 4.39 Å². The van der Waals surface area contributed by atoms with E-state index < -0.39 is 0 Å². The van der Waals surface area contributed by atoms with Gasteiger partial charge in [-0.2, -0.15) is 4.98 Å². The summed E-state index contributed by atoms with van der Waals surface area (Å²) in [5.74, 6) is 0.352. The quantitative estimate of drug-likeness (QED) is 0.585. The number of aromatic nitrogens is 1. The van der Waals surface area contributed by atoms with E-state index >= 15 is 0 Å². The molecule has 0 amide bonds. The fourth-order valence-electron chi connectivity index (χ4n) is 1.68. The van der Waals surface area contributed by atoms with Crippen molar-refractivity contribution in [1.82, 2.24) is 4.98 Å². The van der Waals surface area contributed by atoms with Crippen LogP contribution in [0.3, 0.4) is 0 Å². The Morgan fingerprint density at radius 1 is 1.17 bits per heavy atom. The van der Waals surface area contributed by atoms with Crippen molar-refractivity contribution in [3.05, 3.63) is 51.8 Å². The molecule has 2 heterocycles. The minimum atomic E-state index is -0.279. The van der Waals surface area contributed by atoms with Gasteiger partial charge < -0.3 is 4.42 Å². The monoisotopic (exact) mass is 325 g/mol. The molecule has 0 saturated heterocycles. The number of benzene rings is 1. The van der Waals surface area contributed by atoms with Gasteiger partial charge in [0.15, 0.2) is 0 Å². The first-order valence-corrected chi connectivity index (χ1v) is 6.32. The fourth-order valence-corrected chi connectivity index (χ4v) is 2.15. The van der Waals surface area contributed by atoms with Crippen LogP contribution in [-0.2, 0) is 0 Å². The van der Waals surface area contributed by atoms with Gasteiger partial charge in [0.25, 0.3) is 0 Å². The molecule has 5 heteroatoms. The Morgan fingerprint density at radius 2 is 1.89 bits per heavy atom. The summed E-state index contributed by atoms with van der Waals surface area (Å²) < 4.78 is 19.1. The van der Waals surface area contributed by atoms with Crippen molar-refractivity contribution >= 4 is 38.6 Å². The summed E-state index contributed by atoms with van der Waals surface area (Å²) in [5, 5.41) is 1.19. The molecule has 0 N–H and O–H groups in total. The molecule has 0 spiro atoms. The number of rotatable bonds is 1. The lowest BCUT2D eigenvalue weighted by Gasteiger charge is -1.95. The fraction of sp³-hybridized carbons (Fsp3) is 0. The van der Waals surface area contributed by atoms with Gasteiger partial charge in [0, 0.05) is 10.9 Å². The minimum Gasteiger partial charge on any atom is -0.438 e. The highest BCUT2D eigenvalue weighted by Gasteiger charge is 2.10. The maximum Gasteiger partial charge on any atom is 0.228 e. The van der Waals surface area contributed by atoms with Gasteiger partial charge >= 0.3 is 0 Å². The van der Waals surface area contributed by atoms with Crippen LogP contribution in [0.5, 0.6) is 0 Å². The topological polar surface area (TPSA) is 26.0 Å². The van der Waals surface area contributed by atoms with Crippen LogP contribution in [0.2, 0.25) is 5.15 Å². The molecule has 0 bridgehead atoms. The zero-order chi connectivity index (χ0) is 12.7. The summed E-state index contributed by atoms with van der Waals surface area (Å²) in [4.78, 5) is 4.12. The molecule has 0 fully saturated rings. The third kappa shape index (κ3) is 2.02. The van der Waals surface area contributed by atoms with E-state index in [1.165, 1.54) is 12.1 Å². The van der Waals surface area contributed by atoms with Crippen LogP contribution in [0.15, 0.2) is 45.3 Å². The van der Waals surface area contributed by atoms with Gasteiger partial charge in [-0.3, -0.25) is 0 Å². The smallest absolute Gasteiger partial charge is 0.228 e. The number of hydrogen-bond acceptors (Lipinski definition) is 2. The zero-order valence-corrected chi connectivity index (χ0v) is 11.3. The third-order valence-corrected chi connectivity index (χ3v) is 3.67. The highest BCUT2D eigenvalue weighted by atomic mass is 79.9. The second-order valence-corrected chi connectivity index (χ2v) is 4.99. The Bertz CT molecular complexity index is 685. The average molecular weight is 327 g/mol. The SMILES string of the molecule is Fc1ccc(-c2cc3cc(Br)c(Cl)nc3o2)cc1. The van der Waals surface area contributed by atoms with Gasteiger partial charge in [0.1, 0.15) is 16.7 Å². The number of hydrogen-bond donors (Lipinski definition) is 0. The van der Waals surface area contributed by atoms with Gasteiger partial charge in [0.2, 0.25) is 5.71 Å². The highest BCUT2D eigenvalue weighted by molar-refractivity contribution is 9.10. The highest BCUT2D eigenvalue weighted by Crippen LogP contribution is 2.31. The average Bonchev–Trinajstić information content (AvgIpc) is 2.73. The van der Waals surface area contributed by atoms with Crippen molar-refractivity contribution in [3.8, 4) is 11.3 Å². The summed E-state index contributed by atoms with van der Waals surface area (Å²) in [6.45, 7) is 0. The lowest BCUT2D eigenvalue weighted by Crippen LogP contribution is -1.76. The van der Waals surface area contributed by atoms with E-state index in [-0.39, 0.29) is 5.82 Å². The van der Waals surface area contributed by atoms with Gasteiger partial charge in [-0.15, -0.1) is 0 Å². The van der Waals surface area contributed by atoms with Crippen molar-refractivity contribution < 1.29 is 8.81 Å². The van der Waals surface area contributed by atoms with Crippen LogP contribution in [0.25, 0.3) is 22.4 Å². The Morgan fingerprint density at radius 3 is 2.61 bits per heavy atom. The van der Waals surface area contributed by atoms with Crippen molar-refractivity contribution in [2.24, 2.45) is 0 Å². The first kappa shape index (κ1) is 11.7. The van der Waals surface area contributed by atoms with Crippen molar-refractivity contribution in [3.63, 3.8) is 0 Å². The molecule has 0 atom stereocenters. The molecule has 2 nitrogen and oxygen atoms in total. The van der Waals surface area contributed by atoms with Crippen LogP contribution in [0.4, 0.5) is 4.39 Å². The molecule has 90 valence electrons. The molecule has 0 aliphatic heterocycles. The van der Waals surface area contributed by atoms with Crippen LogP contribution < -0.4 is 0 Å². The Labute approximate surface area is 116 Å². The van der Waals surface area contributed by atoms with E-state index in [2.05, 4.69) is 20.9 Å². The molecule has 3 rings (SSSR count). The molecule has 0 saturated carbocycles. The second-order valence-electron chi connectivity index (χ2n) is 3.77. The van der Waals surface area contributed by atoms with Crippen LogP contribution in [0, 0.1) is 5.82 Å². The standard InChI is InChI=1S/C13H6BrClFNO/c14-10-5-8-6-11(18-13(8)17-12(10)15)7-1-3-9(16)4-2-7/h1-6H. The lowest BCUT2D eigenvalue weighted by molar-refractivity contribution is 0.615. The minimum absolute atomic E-state index is 0.279. The van der Waals surface area contributed by atoms with E-state index in [0.29, 0.717) is 21.1 Å². The van der Waals surface area contributed by atoms with Gasteiger partial charge in [-0.25, -0.2) is 4.39 Å². The third-order valence-electron chi connectivity index (χ3n) is 2.55. The molecule has 3 aromatic rings. The Hall–Kier alpha value is -1.39. The van der Waals surface area contributed by atoms with Crippen LogP contribution in [-0.4, -0.2) is 4.98 Å². The number of furan rings is 1. The van der Waals surface area contributed by atoms with Crippen molar-refractivity contribution in [2.45, 2.75) is 0 Å². The van der Waals surface area contributed by atoms with E-state index in [1.807, 2.05) is 12.1 Å². The lowest BCUT2D eigenvalue weighted by atomic mass is 10.1. The normalized spacial score (nSPS) is 11.1. The first-order valence-electron chi connectivity index (χ1n) is 5.15. The summed E-state index contributed by atoms with van der Waals surface area (Å²) in [6.07, 6.45) is 0. The number of halogens is 3. The molecule has 1 aromatic carbocycles. The molecular weight excluding hydrogens is 321 g/mol. The zero-order valence-electron chi connectivity index (χ0n) is 8.95. The molecular formula is C13H6BrClFNO. The van der Waals surface area contributed by atoms with E-state index in [0.717, 1.165) is 10.9 Å². The molecule has 0 unspecified atom stereocenters. The molecule has 0 radical (unpaired) electrons. The maximum absolute atomic E-state index is 12.8. The molecule has 2 aromatic heterocycles. The predicted molar refractivity (Wildman–Crippen MR) is 72.1 cm³/mol. The molecule has 0 aliphatic carbocycles. The maximum atomic E-state index is 12.8. The van der Waals surface area contributed by atoms with Crippen molar-refractivity contribution in [2.75, 3.05) is 0 Å². The van der Waals surface area contributed by atoms with E-state index in [4.69, 9.17) is 16.0 Å². The summed E-state index contributed by atoms with van der Waals surface area (Å²) >= 11 is 9.20. The van der Waals surface area contributed by atoms with Crippen molar-refractivity contribution in [1.29, 1.82) is 0 Å². The van der Waals surface area contributed by atoms with Crippen LogP contribution >= 0.6 is 27.5 Å². The van der Waals surface area contributed by atoms with Gasteiger partial charge in [-0.1, -0.05) is 11.6 Å². The molecule has 18 heavy (non-hydrogen) atoms. The second kappa shape index (κ2) is 4.37. The van der Waals surface area contributed by atoms with Crippen LogP contribution in [0.1, 0.15) is 0 Å². The number of fused-ring (bicyclic) bond motifs is 1. The first-order chi connectivity index (χ1) is 8.63. The molecule has 0 aliphatic rings. The Kier molecular flexibility index (Phi) is 2.84. The summed E-state index contributed by atoms with van der Waals surface area (Å²) in [5.41, 5.74) is 1.25. The number of nitrogens with zero attached hydrogens (tertiary/aromatic N) is 1. The van der Waals surface area contributed by atoms with Gasteiger partial charge in [-0.05, 0) is 52.3 Å². The Balaban J connectivity index is 2.16. The summed E-state index contributed by atoms with van der Waals surface area (Å²) in [6, 6.07) is 9.77. The van der Waals surface area contributed by atoms with Gasteiger partial charge in [0.05, 0.1) is 4.47 Å². The summed E-state index contributed by atoms with van der Waals surface area (Å²) in [7, 11) is 0. The largest absolute Gasteiger partial charge is 0.438 e. The number of pyridine rings is 1.